The Morgan fingerprint density at radius 2 is 2.00 bits per heavy atom. The second-order valence-electron chi connectivity index (χ2n) is 5.83. The molecule has 0 spiro atoms. The lowest BCUT2D eigenvalue weighted by Gasteiger charge is -2.05. The predicted molar refractivity (Wildman–Crippen MR) is 97.0 cm³/mol. The van der Waals surface area contributed by atoms with Gasteiger partial charge in [-0.05, 0) is 49.6 Å². The highest BCUT2D eigenvalue weighted by atomic mass is 32.1. The number of amides is 1. The molecule has 1 aromatic carbocycles. The van der Waals surface area contributed by atoms with Gasteiger partial charge in [-0.2, -0.15) is 5.10 Å². The van der Waals surface area contributed by atoms with Crippen LogP contribution < -0.4 is 5.32 Å². The molecule has 7 nitrogen and oxygen atoms in total. The highest BCUT2D eigenvalue weighted by Crippen LogP contribution is 2.31. The highest BCUT2D eigenvalue weighted by molar-refractivity contribution is 7.15. The number of carbonyl (C=O) groups is 1. The Labute approximate surface area is 149 Å². The summed E-state index contributed by atoms with van der Waals surface area (Å²) in [5, 5.41) is 29.0. The number of carbonyl (C=O) groups excluding carboxylic acids is 1. The third-order valence-electron chi connectivity index (χ3n) is 3.86. The minimum atomic E-state index is -0.346. The van der Waals surface area contributed by atoms with Gasteiger partial charge in [0.2, 0.25) is 5.13 Å². The van der Waals surface area contributed by atoms with E-state index in [2.05, 4.69) is 32.6 Å². The van der Waals surface area contributed by atoms with E-state index in [9.17, 15) is 9.90 Å². The number of anilines is 1. The maximum Gasteiger partial charge on any atom is 0.275 e. The third kappa shape index (κ3) is 3.69. The number of hydrogen-bond donors (Lipinski definition) is 3. The monoisotopic (exact) mass is 357 g/mol. The second kappa shape index (κ2) is 7.02. The van der Waals surface area contributed by atoms with Gasteiger partial charge in [-0.1, -0.05) is 18.3 Å². The molecule has 0 aliphatic carbocycles. The molecular weight excluding hydrogens is 338 g/mol. The van der Waals surface area contributed by atoms with Crippen LogP contribution in [0.2, 0.25) is 0 Å². The molecule has 0 atom stereocenters. The molecule has 0 unspecified atom stereocenters. The number of nitrogens with one attached hydrogen (secondary N) is 2. The van der Waals surface area contributed by atoms with Gasteiger partial charge in [-0.3, -0.25) is 15.2 Å². The first-order chi connectivity index (χ1) is 12.0. The number of phenols is 1. The summed E-state index contributed by atoms with van der Waals surface area (Å²) in [6, 6.07) is 5.15. The van der Waals surface area contributed by atoms with Crippen molar-refractivity contribution >= 4 is 22.4 Å². The van der Waals surface area contributed by atoms with Gasteiger partial charge in [0.25, 0.3) is 5.91 Å². The summed E-state index contributed by atoms with van der Waals surface area (Å²) in [7, 11) is 0. The van der Waals surface area contributed by atoms with Crippen LogP contribution in [0.5, 0.6) is 5.75 Å². The molecule has 0 saturated carbocycles. The maximum atomic E-state index is 12.3. The van der Waals surface area contributed by atoms with Crippen molar-refractivity contribution in [2.24, 2.45) is 0 Å². The zero-order valence-corrected chi connectivity index (χ0v) is 15.1. The van der Waals surface area contributed by atoms with Crippen LogP contribution in [0.3, 0.4) is 0 Å². The van der Waals surface area contributed by atoms with Crippen molar-refractivity contribution in [2.45, 2.75) is 33.6 Å². The SMILES string of the molecule is CCCc1nnc(NC(=O)c2cc(-c3cc(C)c(C)cc3O)n[nH]2)s1. The van der Waals surface area contributed by atoms with E-state index in [0.717, 1.165) is 29.0 Å². The number of aryl methyl sites for hydroxylation is 3. The molecule has 1 amide bonds. The van der Waals surface area contributed by atoms with E-state index in [1.807, 2.05) is 19.9 Å². The van der Waals surface area contributed by atoms with Gasteiger partial charge < -0.3 is 5.11 Å². The summed E-state index contributed by atoms with van der Waals surface area (Å²) in [4.78, 5) is 12.3. The number of aromatic nitrogens is 4. The number of aromatic amines is 1. The fourth-order valence-corrected chi connectivity index (χ4v) is 3.20. The summed E-state index contributed by atoms with van der Waals surface area (Å²) < 4.78 is 0. The van der Waals surface area contributed by atoms with Crippen molar-refractivity contribution in [3.05, 3.63) is 40.0 Å². The van der Waals surface area contributed by atoms with E-state index in [1.54, 1.807) is 12.1 Å². The van der Waals surface area contributed by atoms with Crippen LogP contribution in [0.25, 0.3) is 11.3 Å². The number of rotatable bonds is 5. The van der Waals surface area contributed by atoms with Crippen LogP contribution in [0, 0.1) is 13.8 Å². The van der Waals surface area contributed by atoms with Crippen LogP contribution in [0.15, 0.2) is 18.2 Å². The first-order valence-electron chi connectivity index (χ1n) is 7.97. The number of phenolic OH excluding ortho intramolecular Hbond substituents is 1. The Morgan fingerprint density at radius 1 is 1.24 bits per heavy atom. The molecule has 3 aromatic rings. The normalized spacial score (nSPS) is 10.8. The standard InChI is InChI=1S/C17H19N5O2S/c1-4-5-15-21-22-17(25-15)18-16(24)13-8-12(19-20-13)11-6-9(2)10(3)7-14(11)23/h6-8,23H,4-5H2,1-3H3,(H,19,20)(H,18,22,24). The van der Waals surface area contributed by atoms with Crippen LogP contribution >= 0.6 is 11.3 Å². The predicted octanol–water partition coefficient (Wildman–Crippen LogP) is 3.46. The number of aromatic hydroxyl groups is 1. The lowest BCUT2D eigenvalue weighted by Crippen LogP contribution is -2.12. The van der Waals surface area contributed by atoms with Crippen molar-refractivity contribution in [3.63, 3.8) is 0 Å². The Balaban J connectivity index is 1.78. The smallest absolute Gasteiger partial charge is 0.275 e. The largest absolute Gasteiger partial charge is 0.507 e. The van der Waals surface area contributed by atoms with Crippen LogP contribution in [0.4, 0.5) is 5.13 Å². The van der Waals surface area contributed by atoms with Gasteiger partial charge >= 0.3 is 0 Å². The van der Waals surface area contributed by atoms with E-state index < -0.39 is 0 Å². The molecule has 130 valence electrons. The van der Waals surface area contributed by atoms with E-state index in [0.29, 0.717) is 22.1 Å². The van der Waals surface area contributed by atoms with Crippen molar-refractivity contribution in [3.8, 4) is 17.0 Å². The Kier molecular flexibility index (Phi) is 4.80. The molecular formula is C17H19N5O2S. The van der Waals surface area contributed by atoms with Crippen molar-refractivity contribution in [2.75, 3.05) is 5.32 Å². The first kappa shape index (κ1) is 17.1. The fraction of sp³-hybridized carbons (Fsp3) is 0.294. The van der Waals surface area contributed by atoms with Crippen molar-refractivity contribution in [1.29, 1.82) is 0 Å². The van der Waals surface area contributed by atoms with Gasteiger partial charge in [0, 0.05) is 12.0 Å². The zero-order valence-electron chi connectivity index (χ0n) is 14.3. The Morgan fingerprint density at radius 3 is 2.76 bits per heavy atom. The van der Waals surface area contributed by atoms with Gasteiger partial charge in [0.05, 0.1) is 5.69 Å². The lowest BCUT2D eigenvalue weighted by molar-refractivity contribution is 0.102. The van der Waals surface area contributed by atoms with Gasteiger partial charge in [0.15, 0.2) is 0 Å². The van der Waals surface area contributed by atoms with Crippen molar-refractivity contribution in [1.82, 2.24) is 20.4 Å². The molecule has 2 heterocycles. The summed E-state index contributed by atoms with van der Waals surface area (Å²) in [6.45, 7) is 5.95. The van der Waals surface area contributed by atoms with E-state index in [-0.39, 0.29) is 11.7 Å². The molecule has 0 aliphatic heterocycles. The topological polar surface area (TPSA) is 104 Å². The summed E-state index contributed by atoms with van der Waals surface area (Å²) >= 11 is 1.36. The summed E-state index contributed by atoms with van der Waals surface area (Å²) in [6.07, 6.45) is 1.82. The number of nitrogens with zero attached hydrogens (tertiary/aromatic N) is 3. The van der Waals surface area contributed by atoms with Gasteiger partial charge in [0.1, 0.15) is 16.5 Å². The van der Waals surface area contributed by atoms with Crippen LogP contribution in [-0.4, -0.2) is 31.4 Å². The molecule has 0 bridgehead atoms. The molecule has 0 fully saturated rings. The summed E-state index contributed by atoms with van der Waals surface area (Å²) in [5.74, 6) is -0.212. The average Bonchev–Trinajstić information content (AvgIpc) is 3.21. The van der Waals surface area contributed by atoms with Gasteiger partial charge in [-0.15, -0.1) is 10.2 Å². The number of H-pyrrole nitrogens is 1. The Hall–Kier alpha value is -2.74. The summed E-state index contributed by atoms with van der Waals surface area (Å²) in [5.41, 5.74) is 3.42. The fourth-order valence-electron chi connectivity index (χ4n) is 2.37. The Bertz CT molecular complexity index is 916. The maximum absolute atomic E-state index is 12.3. The van der Waals surface area contributed by atoms with Gasteiger partial charge in [-0.25, -0.2) is 0 Å². The molecule has 2 aromatic heterocycles. The molecule has 0 aliphatic rings. The van der Waals surface area contributed by atoms with Crippen molar-refractivity contribution < 1.29 is 9.90 Å². The zero-order chi connectivity index (χ0) is 18.0. The third-order valence-corrected chi connectivity index (χ3v) is 4.76. The lowest BCUT2D eigenvalue weighted by atomic mass is 10.0. The average molecular weight is 357 g/mol. The number of hydrogen-bond acceptors (Lipinski definition) is 6. The quantitative estimate of drug-likeness (QED) is 0.649. The molecule has 0 radical (unpaired) electrons. The molecule has 3 N–H and O–H groups in total. The van der Waals surface area contributed by atoms with E-state index in [1.165, 1.54) is 11.3 Å². The van der Waals surface area contributed by atoms with Crippen LogP contribution in [0.1, 0.15) is 40.0 Å². The molecule has 25 heavy (non-hydrogen) atoms. The van der Waals surface area contributed by atoms with Crippen LogP contribution in [-0.2, 0) is 6.42 Å². The minimum Gasteiger partial charge on any atom is -0.507 e. The molecule has 0 saturated heterocycles. The van der Waals surface area contributed by atoms with E-state index >= 15 is 0 Å². The molecule has 3 rings (SSSR count). The minimum absolute atomic E-state index is 0.134. The highest BCUT2D eigenvalue weighted by Gasteiger charge is 2.16. The first-order valence-corrected chi connectivity index (χ1v) is 8.79. The second-order valence-corrected chi connectivity index (χ2v) is 6.89. The number of benzene rings is 1. The van der Waals surface area contributed by atoms with E-state index in [4.69, 9.17) is 0 Å². The molecule has 8 heteroatoms.